The highest BCUT2D eigenvalue weighted by Gasteiger charge is 2.31. The lowest BCUT2D eigenvalue weighted by Crippen LogP contribution is -2.36. The molecule has 1 aliphatic heterocycles. The van der Waals surface area contributed by atoms with Gasteiger partial charge in [0.25, 0.3) is 0 Å². The van der Waals surface area contributed by atoms with Crippen LogP contribution < -0.4 is 15.2 Å². The summed E-state index contributed by atoms with van der Waals surface area (Å²) in [5, 5.41) is 0. The van der Waals surface area contributed by atoms with Gasteiger partial charge in [0.15, 0.2) is 0 Å². The molecule has 2 rings (SSSR count). The van der Waals surface area contributed by atoms with Gasteiger partial charge >= 0.3 is 12.7 Å². The van der Waals surface area contributed by atoms with Gasteiger partial charge in [-0.2, -0.15) is 13.8 Å². The molecule has 24 heavy (non-hydrogen) atoms. The quantitative estimate of drug-likeness (QED) is 0.903. The fraction of sp³-hybridized carbons (Fsp3) is 0.600. The van der Waals surface area contributed by atoms with Gasteiger partial charge in [-0.1, -0.05) is 0 Å². The summed E-state index contributed by atoms with van der Waals surface area (Å²) in [6.07, 6.45) is -0.178. The number of nitrogens with two attached hydrogens (primary N) is 1. The van der Waals surface area contributed by atoms with Crippen LogP contribution in [0.2, 0.25) is 0 Å². The predicted octanol–water partition coefficient (Wildman–Crippen LogP) is 2.65. The van der Waals surface area contributed by atoms with E-state index in [9.17, 15) is 13.6 Å². The first-order valence-electron chi connectivity index (χ1n) is 7.49. The largest absolute Gasteiger partial charge is 0.472 e. The molecule has 0 saturated carbocycles. The predicted molar refractivity (Wildman–Crippen MR) is 82.1 cm³/mol. The van der Waals surface area contributed by atoms with E-state index in [4.69, 9.17) is 15.2 Å². The number of rotatable bonds is 4. The van der Waals surface area contributed by atoms with Crippen LogP contribution in [0.15, 0.2) is 12.1 Å². The number of carbonyl (C=O) groups excluding carboxylic acids is 1. The molecule has 1 atom stereocenters. The van der Waals surface area contributed by atoms with Gasteiger partial charge in [0, 0.05) is 25.1 Å². The minimum absolute atomic E-state index is 0.00476. The zero-order valence-electron chi connectivity index (χ0n) is 13.8. The number of nitrogens with zero attached hydrogens (tertiary/aromatic N) is 2. The summed E-state index contributed by atoms with van der Waals surface area (Å²) in [6, 6.07) is 2.42. The Bertz CT molecular complexity index is 593. The first-order valence-corrected chi connectivity index (χ1v) is 7.49. The third kappa shape index (κ3) is 5.39. The van der Waals surface area contributed by atoms with Gasteiger partial charge in [-0.25, -0.2) is 4.79 Å². The van der Waals surface area contributed by atoms with Crippen molar-refractivity contribution in [2.24, 2.45) is 0 Å². The normalized spacial score (nSPS) is 17.9. The first-order chi connectivity index (χ1) is 11.1. The Morgan fingerprint density at radius 2 is 2.12 bits per heavy atom. The molecule has 1 aromatic heterocycles. The molecule has 1 aliphatic rings. The summed E-state index contributed by atoms with van der Waals surface area (Å²) in [5.74, 6) is -0.0543. The molecule has 0 unspecified atom stereocenters. The fourth-order valence-electron chi connectivity index (χ4n) is 2.22. The van der Waals surface area contributed by atoms with Gasteiger partial charge in [0.1, 0.15) is 23.3 Å². The summed E-state index contributed by atoms with van der Waals surface area (Å²) in [6.45, 7) is 3.19. The van der Waals surface area contributed by atoms with Crippen LogP contribution >= 0.6 is 0 Å². The zero-order valence-corrected chi connectivity index (χ0v) is 13.8. The number of nitrogen functional groups attached to an aromatic ring is 1. The number of carbonyl (C=O) groups is 1. The number of amides is 1. The lowest BCUT2D eigenvalue weighted by Gasteiger charge is -2.24. The Balaban J connectivity index is 1.95. The monoisotopic (exact) mass is 345 g/mol. The highest BCUT2D eigenvalue weighted by molar-refractivity contribution is 5.68. The van der Waals surface area contributed by atoms with Gasteiger partial charge in [0.2, 0.25) is 5.88 Å². The van der Waals surface area contributed by atoms with Gasteiger partial charge in [-0.05, 0) is 20.8 Å². The van der Waals surface area contributed by atoms with Crippen molar-refractivity contribution in [3.8, 4) is 11.6 Å². The van der Waals surface area contributed by atoms with E-state index in [1.54, 1.807) is 20.8 Å². The molecule has 1 fully saturated rings. The van der Waals surface area contributed by atoms with Crippen LogP contribution in [0.3, 0.4) is 0 Å². The van der Waals surface area contributed by atoms with Crippen LogP contribution in [0.1, 0.15) is 27.2 Å². The molecule has 2 N–H and O–H groups in total. The average Bonchev–Trinajstić information content (AvgIpc) is 2.83. The Hall–Kier alpha value is -2.32. The highest BCUT2D eigenvalue weighted by atomic mass is 19.3. The summed E-state index contributed by atoms with van der Waals surface area (Å²) < 4.78 is 39.8. The topological polar surface area (TPSA) is 86.9 Å². The van der Waals surface area contributed by atoms with Gasteiger partial charge in [-0.3, -0.25) is 0 Å². The van der Waals surface area contributed by atoms with Crippen LogP contribution in [0, 0.1) is 0 Å². The molecule has 7 nitrogen and oxygen atoms in total. The van der Waals surface area contributed by atoms with E-state index in [1.165, 1.54) is 17.0 Å². The lowest BCUT2D eigenvalue weighted by molar-refractivity contribution is -0.0500. The first kappa shape index (κ1) is 18.0. The van der Waals surface area contributed by atoms with Gasteiger partial charge in [0.05, 0.1) is 6.54 Å². The molecular formula is C15H21F2N3O4. The number of halogens is 2. The van der Waals surface area contributed by atoms with Crippen molar-refractivity contribution in [2.75, 3.05) is 18.8 Å². The standard InChI is InChI=1S/C15H21F2N3O4/c1-15(2,3)24-14(21)20-5-4-9(8-20)22-12-7-10(23-13(16)17)6-11(18)19-12/h6-7,9,13H,4-5,8H2,1-3H3,(H2,18,19)/t9-/m0/s1. The van der Waals surface area contributed by atoms with Gasteiger partial charge in [-0.15, -0.1) is 0 Å². The Kier molecular flexibility index (Phi) is 5.30. The number of pyridine rings is 1. The van der Waals surface area contributed by atoms with Crippen molar-refractivity contribution in [3.63, 3.8) is 0 Å². The van der Waals surface area contributed by atoms with Crippen LogP contribution in [0.5, 0.6) is 11.6 Å². The van der Waals surface area contributed by atoms with E-state index < -0.39 is 18.3 Å². The second-order valence-electron chi connectivity index (χ2n) is 6.40. The van der Waals surface area contributed by atoms with Crippen molar-refractivity contribution in [2.45, 2.75) is 45.5 Å². The van der Waals surface area contributed by atoms with Gasteiger partial charge < -0.3 is 24.8 Å². The maximum absolute atomic E-state index is 12.3. The van der Waals surface area contributed by atoms with E-state index >= 15 is 0 Å². The van der Waals surface area contributed by atoms with Crippen molar-refractivity contribution >= 4 is 11.9 Å². The van der Waals surface area contributed by atoms with Crippen LogP contribution in [-0.4, -0.2) is 47.4 Å². The lowest BCUT2D eigenvalue weighted by atomic mass is 10.2. The number of likely N-dealkylation sites (tertiary alicyclic amines) is 1. The maximum atomic E-state index is 12.3. The molecule has 0 bridgehead atoms. The molecule has 0 spiro atoms. The minimum Gasteiger partial charge on any atom is -0.472 e. The number of anilines is 1. The summed E-state index contributed by atoms with van der Waals surface area (Å²) >= 11 is 0. The molecule has 0 aliphatic carbocycles. The molecule has 9 heteroatoms. The second kappa shape index (κ2) is 7.06. The summed E-state index contributed by atoms with van der Waals surface area (Å²) in [7, 11) is 0. The van der Waals surface area contributed by atoms with E-state index in [0.717, 1.165) is 0 Å². The second-order valence-corrected chi connectivity index (χ2v) is 6.40. The molecule has 0 radical (unpaired) electrons. The van der Waals surface area contributed by atoms with Crippen molar-refractivity contribution < 1.29 is 27.8 Å². The molecule has 134 valence electrons. The van der Waals surface area contributed by atoms with E-state index in [0.29, 0.717) is 19.5 Å². The number of hydrogen-bond acceptors (Lipinski definition) is 6. The maximum Gasteiger partial charge on any atom is 0.410 e. The van der Waals surface area contributed by atoms with Crippen molar-refractivity contribution in [1.29, 1.82) is 0 Å². The average molecular weight is 345 g/mol. The number of hydrogen-bond donors (Lipinski definition) is 1. The van der Waals surface area contributed by atoms with E-state index in [-0.39, 0.29) is 23.6 Å². The van der Waals surface area contributed by atoms with Crippen LogP contribution in [0.25, 0.3) is 0 Å². The molecule has 2 heterocycles. The number of ether oxygens (including phenoxy) is 3. The SMILES string of the molecule is CC(C)(C)OC(=O)N1CC[C@H](Oc2cc(OC(F)F)cc(N)n2)C1. The Morgan fingerprint density at radius 3 is 2.75 bits per heavy atom. The van der Waals surface area contributed by atoms with E-state index in [2.05, 4.69) is 9.72 Å². The molecule has 1 amide bonds. The fourth-order valence-corrected chi connectivity index (χ4v) is 2.22. The van der Waals surface area contributed by atoms with E-state index in [1.807, 2.05) is 0 Å². The van der Waals surface area contributed by atoms with Crippen LogP contribution in [0.4, 0.5) is 19.4 Å². The Labute approximate surface area is 138 Å². The smallest absolute Gasteiger partial charge is 0.410 e. The summed E-state index contributed by atoms with van der Waals surface area (Å²) in [4.78, 5) is 17.5. The number of alkyl halides is 2. The molecular weight excluding hydrogens is 324 g/mol. The van der Waals surface area contributed by atoms with Crippen molar-refractivity contribution in [3.05, 3.63) is 12.1 Å². The third-order valence-corrected chi connectivity index (χ3v) is 3.10. The Morgan fingerprint density at radius 1 is 1.42 bits per heavy atom. The minimum atomic E-state index is -2.96. The molecule has 1 aromatic rings. The van der Waals surface area contributed by atoms with Crippen LogP contribution in [-0.2, 0) is 4.74 Å². The highest BCUT2D eigenvalue weighted by Crippen LogP contribution is 2.25. The molecule has 0 aromatic carbocycles. The van der Waals surface area contributed by atoms with Crippen molar-refractivity contribution in [1.82, 2.24) is 9.88 Å². The number of aromatic nitrogens is 1. The summed E-state index contributed by atoms with van der Waals surface area (Å²) in [5.41, 5.74) is 4.98. The molecule has 1 saturated heterocycles. The zero-order chi connectivity index (χ0) is 17.9. The third-order valence-electron chi connectivity index (χ3n) is 3.10.